The zero-order valence-corrected chi connectivity index (χ0v) is 10.0. The second-order valence-corrected chi connectivity index (χ2v) is 6.15. The minimum Gasteiger partial charge on any atom is -0.481 e. The molecule has 5 heteroatoms. The van der Waals surface area contributed by atoms with Crippen LogP contribution in [-0.2, 0) is 4.79 Å². The maximum Gasteiger partial charge on any atom is 0.312 e. The van der Waals surface area contributed by atoms with E-state index in [4.69, 9.17) is 5.11 Å². The van der Waals surface area contributed by atoms with Gasteiger partial charge in [0, 0.05) is 12.8 Å². The molecule has 3 nitrogen and oxygen atoms in total. The molecule has 17 heavy (non-hydrogen) atoms. The van der Waals surface area contributed by atoms with Crippen LogP contribution < -0.4 is 0 Å². The summed E-state index contributed by atoms with van der Waals surface area (Å²) in [5.41, 5.74) is -2.64. The Balaban J connectivity index is 2.17. The minimum absolute atomic E-state index is 0.173. The van der Waals surface area contributed by atoms with Gasteiger partial charge in [0.15, 0.2) is 0 Å². The number of aliphatic carboxylic acids is 1. The number of carboxylic acids is 1. The predicted octanol–water partition coefficient (Wildman–Crippen LogP) is 2.28. The van der Waals surface area contributed by atoms with Gasteiger partial charge >= 0.3 is 5.97 Å². The molecule has 0 radical (unpaired) electrons. The number of rotatable bonds is 2. The zero-order valence-electron chi connectivity index (χ0n) is 10.0. The number of hydrogen-bond acceptors (Lipinski definition) is 2. The molecule has 2 fully saturated rings. The number of carbonyl (C=O) groups is 1. The van der Waals surface area contributed by atoms with E-state index < -0.39 is 22.9 Å². The number of hydrogen-bond donors (Lipinski definition) is 2. The standard InChI is InChI=1S/C12H18F2O3/c1-10(2,9(15)16)11(17)3-7-5-12(13,14)6-8(7)4-11/h7-8,17H,3-6H2,1-2H3,(H,15,16)/t7-,8+,11?. The van der Waals surface area contributed by atoms with Crippen LogP contribution in [0.2, 0.25) is 0 Å². The number of aliphatic hydroxyl groups is 1. The zero-order chi connectivity index (χ0) is 13.1. The van der Waals surface area contributed by atoms with E-state index >= 15 is 0 Å². The highest BCUT2D eigenvalue weighted by molar-refractivity contribution is 5.75. The van der Waals surface area contributed by atoms with E-state index in [9.17, 15) is 18.7 Å². The lowest BCUT2D eigenvalue weighted by molar-refractivity contribution is -0.165. The summed E-state index contributed by atoms with van der Waals surface area (Å²) in [5.74, 6) is -4.20. The van der Waals surface area contributed by atoms with Crippen LogP contribution in [0, 0.1) is 17.3 Å². The first-order valence-corrected chi connectivity index (χ1v) is 5.91. The number of fused-ring (bicyclic) bond motifs is 1. The van der Waals surface area contributed by atoms with E-state index in [0.29, 0.717) is 0 Å². The minimum atomic E-state index is -2.63. The topological polar surface area (TPSA) is 57.5 Å². The van der Waals surface area contributed by atoms with Crippen molar-refractivity contribution in [2.75, 3.05) is 0 Å². The van der Waals surface area contributed by atoms with Crippen molar-refractivity contribution < 1.29 is 23.8 Å². The molecule has 0 amide bonds. The van der Waals surface area contributed by atoms with Gasteiger partial charge in [-0.1, -0.05) is 0 Å². The largest absolute Gasteiger partial charge is 0.481 e. The summed E-state index contributed by atoms with van der Waals surface area (Å²) in [5, 5.41) is 19.6. The van der Waals surface area contributed by atoms with Gasteiger partial charge in [0.1, 0.15) is 0 Å². The summed E-state index contributed by atoms with van der Waals surface area (Å²) in [6, 6.07) is 0. The highest BCUT2D eigenvalue weighted by atomic mass is 19.3. The molecule has 0 aromatic carbocycles. The Hall–Kier alpha value is -0.710. The van der Waals surface area contributed by atoms with Gasteiger partial charge in [-0.2, -0.15) is 0 Å². The normalized spacial score (nSPS) is 40.3. The van der Waals surface area contributed by atoms with Crippen molar-refractivity contribution >= 4 is 5.97 Å². The van der Waals surface area contributed by atoms with E-state index in [-0.39, 0.29) is 37.5 Å². The van der Waals surface area contributed by atoms with E-state index in [1.807, 2.05) is 0 Å². The lowest BCUT2D eigenvalue weighted by Gasteiger charge is -2.37. The van der Waals surface area contributed by atoms with Crippen LogP contribution in [0.25, 0.3) is 0 Å². The van der Waals surface area contributed by atoms with Crippen LogP contribution in [-0.4, -0.2) is 27.7 Å². The molecule has 0 spiro atoms. The van der Waals surface area contributed by atoms with Crippen LogP contribution in [0.5, 0.6) is 0 Å². The van der Waals surface area contributed by atoms with Crippen LogP contribution in [0.1, 0.15) is 39.5 Å². The van der Waals surface area contributed by atoms with Crippen LogP contribution in [0.4, 0.5) is 8.78 Å². The predicted molar refractivity (Wildman–Crippen MR) is 56.8 cm³/mol. The first kappa shape index (κ1) is 12.7. The summed E-state index contributed by atoms with van der Waals surface area (Å²) in [7, 11) is 0. The SMILES string of the molecule is CC(C)(C(=O)O)C1(O)C[C@H]2CC(F)(F)C[C@H]2C1. The maximum atomic E-state index is 13.2. The van der Waals surface area contributed by atoms with Crippen molar-refractivity contribution in [3.63, 3.8) is 0 Å². The van der Waals surface area contributed by atoms with Crippen LogP contribution in [0.15, 0.2) is 0 Å². The van der Waals surface area contributed by atoms with E-state index in [1.54, 1.807) is 0 Å². The molecular weight excluding hydrogens is 230 g/mol. The lowest BCUT2D eigenvalue weighted by Crippen LogP contribution is -2.48. The van der Waals surface area contributed by atoms with Crippen LogP contribution >= 0.6 is 0 Å². The van der Waals surface area contributed by atoms with E-state index in [2.05, 4.69) is 0 Å². The van der Waals surface area contributed by atoms with Crippen molar-refractivity contribution in [2.45, 2.75) is 51.1 Å². The van der Waals surface area contributed by atoms with Crippen molar-refractivity contribution in [3.8, 4) is 0 Å². The molecule has 0 aromatic rings. The summed E-state index contributed by atoms with van der Waals surface area (Å²) in [6.07, 6.45) is -0.0789. The molecule has 98 valence electrons. The molecule has 2 aliphatic rings. The Bertz CT molecular complexity index is 336. The highest BCUT2D eigenvalue weighted by Crippen LogP contribution is 2.58. The molecule has 2 N–H and O–H groups in total. The van der Waals surface area contributed by atoms with Crippen molar-refractivity contribution in [1.29, 1.82) is 0 Å². The third-order valence-electron chi connectivity index (χ3n) is 4.69. The molecule has 2 aliphatic carbocycles. The van der Waals surface area contributed by atoms with Crippen molar-refractivity contribution in [1.82, 2.24) is 0 Å². The third-order valence-corrected chi connectivity index (χ3v) is 4.69. The molecule has 2 rings (SSSR count). The highest BCUT2D eigenvalue weighted by Gasteiger charge is 2.61. The average Bonchev–Trinajstić information content (AvgIpc) is 2.54. The number of alkyl halides is 2. The van der Waals surface area contributed by atoms with Gasteiger partial charge in [0.2, 0.25) is 5.92 Å². The molecule has 0 bridgehead atoms. The molecule has 0 aromatic heterocycles. The van der Waals surface area contributed by atoms with Crippen molar-refractivity contribution in [3.05, 3.63) is 0 Å². The fraction of sp³-hybridized carbons (Fsp3) is 0.917. The molecule has 0 aliphatic heterocycles. The first-order chi connectivity index (χ1) is 7.57. The second-order valence-electron chi connectivity index (χ2n) is 6.15. The Morgan fingerprint density at radius 1 is 1.18 bits per heavy atom. The van der Waals surface area contributed by atoms with Gasteiger partial charge in [-0.3, -0.25) is 4.79 Å². The van der Waals surface area contributed by atoms with Gasteiger partial charge in [-0.15, -0.1) is 0 Å². The average molecular weight is 248 g/mol. The molecular formula is C12H18F2O3. The summed E-state index contributed by atoms with van der Waals surface area (Å²) in [4.78, 5) is 11.2. The van der Waals surface area contributed by atoms with E-state index in [1.165, 1.54) is 13.8 Å². The third kappa shape index (κ3) is 1.84. The summed E-state index contributed by atoms with van der Waals surface area (Å²) < 4.78 is 26.3. The van der Waals surface area contributed by atoms with Gasteiger partial charge in [0.25, 0.3) is 0 Å². The van der Waals surface area contributed by atoms with E-state index in [0.717, 1.165) is 0 Å². The van der Waals surface area contributed by atoms with Gasteiger partial charge in [-0.25, -0.2) is 8.78 Å². The smallest absolute Gasteiger partial charge is 0.312 e. The van der Waals surface area contributed by atoms with Crippen molar-refractivity contribution in [2.24, 2.45) is 17.3 Å². The summed E-state index contributed by atoms with van der Waals surface area (Å²) >= 11 is 0. The Kier molecular flexibility index (Phi) is 2.55. The van der Waals surface area contributed by atoms with Gasteiger partial charge in [-0.05, 0) is 38.5 Å². The van der Waals surface area contributed by atoms with Crippen LogP contribution in [0.3, 0.4) is 0 Å². The molecule has 2 saturated carbocycles. The Morgan fingerprint density at radius 3 is 1.94 bits per heavy atom. The molecule has 1 unspecified atom stereocenters. The second kappa shape index (κ2) is 3.40. The monoisotopic (exact) mass is 248 g/mol. The molecule has 0 saturated heterocycles. The fourth-order valence-electron chi connectivity index (χ4n) is 3.32. The molecule has 3 atom stereocenters. The maximum absolute atomic E-state index is 13.2. The fourth-order valence-corrected chi connectivity index (χ4v) is 3.32. The Morgan fingerprint density at radius 2 is 1.59 bits per heavy atom. The van der Waals surface area contributed by atoms with Gasteiger partial charge < -0.3 is 10.2 Å². The quantitative estimate of drug-likeness (QED) is 0.788. The first-order valence-electron chi connectivity index (χ1n) is 5.91. The number of halogens is 2. The lowest BCUT2D eigenvalue weighted by atomic mass is 9.72. The molecule has 0 heterocycles. The Labute approximate surface area is 98.8 Å². The summed E-state index contributed by atoms with van der Waals surface area (Å²) in [6.45, 7) is 2.93. The van der Waals surface area contributed by atoms with Gasteiger partial charge in [0.05, 0.1) is 11.0 Å². The number of carboxylic acid groups (broad SMARTS) is 1.